The van der Waals surface area contributed by atoms with Gasteiger partial charge in [-0.3, -0.25) is 0 Å². The summed E-state index contributed by atoms with van der Waals surface area (Å²) in [5.74, 6) is 2.32. The van der Waals surface area contributed by atoms with Crippen LogP contribution >= 0.6 is 0 Å². The molecule has 1 aromatic rings. The van der Waals surface area contributed by atoms with E-state index in [4.69, 9.17) is 4.74 Å². The van der Waals surface area contributed by atoms with E-state index in [2.05, 4.69) is 65.2 Å². The molecule has 0 fully saturated rings. The molecule has 2 heteroatoms. The number of hydrogen-bond acceptors (Lipinski definition) is 2. The Labute approximate surface area is 117 Å². The Hall–Kier alpha value is -1.02. The SMILES string of the molecule is CNC(c1ccc2c(c1)C(C)(C)CO2)C(C)C(C)C. The summed E-state index contributed by atoms with van der Waals surface area (Å²) in [6, 6.07) is 7.08. The highest BCUT2D eigenvalue weighted by Crippen LogP contribution is 2.40. The van der Waals surface area contributed by atoms with Crippen LogP contribution in [0.3, 0.4) is 0 Å². The maximum absolute atomic E-state index is 5.77. The zero-order chi connectivity index (χ0) is 14.2. The molecule has 0 saturated heterocycles. The average Bonchev–Trinajstić information content (AvgIpc) is 2.66. The van der Waals surface area contributed by atoms with E-state index in [1.54, 1.807) is 0 Å². The fourth-order valence-electron chi connectivity index (χ4n) is 2.85. The van der Waals surface area contributed by atoms with Crippen molar-refractivity contribution in [1.82, 2.24) is 5.32 Å². The Morgan fingerprint density at radius 3 is 2.47 bits per heavy atom. The molecule has 0 radical (unpaired) electrons. The van der Waals surface area contributed by atoms with Gasteiger partial charge in [-0.25, -0.2) is 0 Å². The predicted octanol–water partition coefficient (Wildman–Crippen LogP) is 3.91. The zero-order valence-electron chi connectivity index (χ0n) is 13.1. The molecule has 2 unspecified atom stereocenters. The Morgan fingerprint density at radius 2 is 1.89 bits per heavy atom. The van der Waals surface area contributed by atoms with Gasteiger partial charge in [-0.15, -0.1) is 0 Å². The van der Waals surface area contributed by atoms with Gasteiger partial charge in [0.2, 0.25) is 0 Å². The van der Waals surface area contributed by atoms with Crippen LogP contribution < -0.4 is 10.1 Å². The van der Waals surface area contributed by atoms with Gasteiger partial charge in [0.15, 0.2) is 0 Å². The van der Waals surface area contributed by atoms with Gasteiger partial charge in [-0.05, 0) is 36.6 Å². The summed E-state index contributed by atoms with van der Waals surface area (Å²) < 4.78 is 5.77. The van der Waals surface area contributed by atoms with E-state index in [-0.39, 0.29) is 5.41 Å². The lowest BCUT2D eigenvalue weighted by atomic mass is 9.82. The topological polar surface area (TPSA) is 21.3 Å². The second-order valence-electron chi connectivity index (χ2n) is 6.80. The van der Waals surface area contributed by atoms with Crippen molar-refractivity contribution in [1.29, 1.82) is 0 Å². The summed E-state index contributed by atoms with van der Waals surface area (Å²) in [5, 5.41) is 3.48. The van der Waals surface area contributed by atoms with Crippen molar-refractivity contribution < 1.29 is 4.74 Å². The maximum Gasteiger partial charge on any atom is 0.123 e. The molecule has 0 spiro atoms. The highest BCUT2D eigenvalue weighted by molar-refractivity contribution is 5.46. The lowest BCUT2D eigenvalue weighted by Gasteiger charge is -2.28. The number of nitrogens with one attached hydrogen (secondary N) is 1. The van der Waals surface area contributed by atoms with Crippen LogP contribution in [-0.2, 0) is 5.41 Å². The number of hydrogen-bond donors (Lipinski definition) is 1. The first-order valence-electron chi connectivity index (χ1n) is 7.31. The summed E-state index contributed by atoms with van der Waals surface area (Å²) in [6.45, 7) is 12.2. The molecule has 1 aliphatic heterocycles. The van der Waals surface area contributed by atoms with Gasteiger partial charge in [0.25, 0.3) is 0 Å². The third-order valence-electron chi connectivity index (χ3n) is 4.57. The lowest BCUT2D eigenvalue weighted by molar-refractivity contribution is 0.291. The largest absolute Gasteiger partial charge is 0.492 e. The van der Waals surface area contributed by atoms with E-state index in [0.717, 1.165) is 12.4 Å². The third-order valence-corrected chi connectivity index (χ3v) is 4.57. The van der Waals surface area contributed by atoms with Gasteiger partial charge in [-0.2, -0.15) is 0 Å². The minimum absolute atomic E-state index is 0.130. The van der Waals surface area contributed by atoms with Crippen molar-refractivity contribution in [2.45, 2.75) is 46.1 Å². The maximum atomic E-state index is 5.77. The van der Waals surface area contributed by atoms with Crippen molar-refractivity contribution in [3.05, 3.63) is 29.3 Å². The second-order valence-corrected chi connectivity index (χ2v) is 6.80. The van der Waals surface area contributed by atoms with E-state index in [1.807, 2.05) is 0 Å². The summed E-state index contributed by atoms with van der Waals surface area (Å²) in [6.07, 6.45) is 0. The van der Waals surface area contributed by atoms with Crippen molar-refractivity contribution in [3.63, 3.8) is 0 Å². The third kappa shape index (κ3) is 2.64. The van der Waals surface area contributed by atoms with Crippen LogP contribution in [0, 0.1) is 11.8 Å². The van der Waals surface area contributed by atoms with Gasteiger partial charge >= 0.3 is 0 Å². The molecule has 0 aliphatic carbocycles. The molecule has 1 heterocycles. The van der Waals surface area contributed by atoms with Crippen LogP contribution in [-0.4, -0.2) is 13.7 Å². The number of rotatable bonds is 4. The van der Waals surface area contributed by atoms with Gasteiger partial charge in [0.1, 0.15) is 5.75 Å². The fraction of sp³-hybridized carbons (Fsp3) is 0.647. The van der Waals surface area contributed by atoms with Crippen molar-refractivity contribution in [2.24, 2.45) is 11.8 Å². The molecular weight excluding hydrogens is 234 g/mol. The van der Waals surface area contributed by atoms with Crippen molar-refractivity contribution >= 4 is 0 Å². The molecule has 2 atom stereocenters. The molecule has 0 bridgehead atoms. The van der Waals surface area contributed by atoms with E-state index < -0.39 is 0 Å². The molecule has 0 amide bonds. The first-order valence-corrected chi connectivity index (χ1v) is 7.31. The van der Waals surface area contributed by atoms with Crippen molar-refractivity contribution in [2.75, 3.05) is 13.7 Å². The zero-order valence-corrected chi connectivity index (χ0v) is 13.1. The highest BCUT2D eigenvalue weighted by atomic mass is 16.5. The Morgan fingerprint density at radius 1 is 1.21 bits per heavy atom. The molecule has 2 nitrogen and oxygen atoms in total. The van der Waals surface area contributed by atoms with E-state index in [9.17, 15) is 0 Å². The van der Waals surface area contributed by atoms with E-state index >= 15 is 0 Å². The van der Waals surface area contributed by atoms with Gasteiger partial charge < -0.3 is 10.1 Å². The standard InChI is InChI=1S/C17H27NO/c1-11(2)12(3)16(18-6)13-7-8-15-14(9-13)17(4,5)10-19-15/h7-9,11-12,16,18H,10H2,1-6H3. The van der Waals surface area contributed by atoms with Crippen LogP contribution in [0.4, 0.5) is 0 Å². The number of benzene rings is 1. The first kappa shape index (κ1) is 14.4. The molecule has 1 aromatic carbocycles. The van der Waals surface area contributed by atoms with Gasteiger partial charge in [0, 0.05) is 17.0 Å². The molecular formula is C17H27NO. The molecule has 106 valence electrons. The Bertz CT molecular complexity index is 451. The Balaban J connectivity index is 2.36. The minimum Gasteiger partial charge on any atom is -0.492 e. The second kappa shape index (κ2) is 5.16. The van der Waals surface area contributed by atoms with Crippen LogP contribution in [0.5, 0.6) is 5.75 Å². The number of ether oxygens (including phenoxy) is 1. The summed E-state index contributed by atoms with van der Waals surface area (Å²) >= 11 is 0. The normalized spacial score (nSPS) is 19.9. The van der Waals surface area contributed by atoms with E-state index in [1.165, 1.54) is 11.1 Å². The molecule has 19 heavy (non-hydrogen) atoms. The molecule has 0 aromatic heterocycles. The van der Waals surface area contributed by atoms with Crippen LogP contribution in [0.2, 0.25) is 0 Å². The van der Waals surface area contributed by atoms with Crippen LogP contribution in [0.15, 0.2) is 18.2 Å². The summed E-state index contributed by atoms with van der Waals surface area (Å²) in [5.41, 5.74) is 2.85. The smallest absolute Gasteiger partial charge is 0.123 e. The van der Waals surface area contributed by atoms with Crippen LogP contribution in [0.1, 0.15) is 51.8 Å². The fourth-order valence-corrected chi connectivity index (χ4v) is 2.85. The molecule has 2 rings (SSSR count). The predicted molar refractivity (Wildman–Crippen MR) is 80.8 cm³/mol. The van der Waals surface area contributed by atoms with E-state index in [0.29, 0.717) is 17.9 Å². The van der Waals surface area contributed by atoms with Crippen LogP contribution in [0.25, 0.3) is 0 Å². The van der Waals surface area contributed by atoms with Gasteiger partial charge in [-0.1, -0.05) is 40.7 Å². The highest BCUT2D eigenvalue weighted by Gasteiger charge is 2.33. The average molecular weight is 261 g/mol. The minimum atomic E-state index is 0.130. The molecule has 1 aliphatic rings. The lowest BCUT2D eigenvalue weighted by Crippen LogP contribution is -2.27. The Kier molecular flexibility index (Phi) is 3.91. The first-order chi connectivity index (χ1) is 8.86. The molecule has 0 saturated carbocycles. The van der Waals surface area contributed by atoms with Crippen molar-refractivity contribution in [3.8, 4) is 5.75 Å². The summed E-state index contributed by atoms with van der Waals surface area (Å²) in [4.78, 5) is 0. The quantitative estimate of drug-likeness (QED) is 0.887. The molecule has 1 N–H and O–H groups in total. The summed E-state index contributed by atoms with van der Waals surface area (Å²) in [7, 11) is 2.05. The number of fused-ring (bicyclic) bond motifs is 1. The van der Waals surface area contributed by atoms with Gasteiger partial charge in [0.05, 0.1) is 6.61 Å². The monoisotopic (exact) mass is 261 g/mol.